The van der Waals surface area contributed by atoms with Gasteiger partial charge < -0.3 is 10.6 Å². The summed E-state index contributed by atoms with van der Waals surface area (Å²) in [6, 6.07) is 6.82. The molecule has 0 atom stereocenters. The number of carbonyl (C=O) groups excluding carboxylic acids is 2. The third kappa shape index (κ3) is 3.66. The van der Waals surface area contributed by atoms with Crippen molar-refractivity contribution >= 4 is 33.4 Å². The number of halogens is 1. The van der Waals surface area contributed by atoms with E-state index in [9.17, 15) is 9.59 Å². The van der Waals surface area contributed by atoms with Gasteiger partial charge in [-0.25, -0.2) is 0 Å². The lowest BCUT2D eigenvalue weighted by Gasteiger charge is -2.06. The standard InChI is InChI=1S/C11H13BrN2O2/c1-2-13-11(16)8-4-3-5-9(6-8)14-10(15)7-12/h3-6H,2,7H2,1H3,(H,13,16)(H,14,15). The quantitative estimate of drug-likeness (QED) is 0.828. The molecule has 0 heterocycles. The molecule has 4 nitrogen and oxygen atoms in total. The molecule has 0 aliphatic rings. The lowest BCUT2D eigenvalue weighted by molar-refractivity contribution is -0.113. The van der Waals surface area contributed by atoms with Crippen molar-refractivity contribution in [1.29, 1.82) is 0 Å². The highest BCUT2D eigenvalue weighted by atomic mass is 79.9. The molecule has 0 spiro atoms. The van der Waals surface area contributed by atoms with E-state index in [1.54, 1.807) is 24.3 Å². The number of alkyl halides is 1. The molecule has 0 fully saturated rings. The topological polar surface area (TPSA) is 58.2 Å². The lowest BCUT2D eigenvalue weighted by Crippen LogP contribution is -2.22. The van der Waals surface area contributed by atoms with E-state index >= 15 is 0 Å². The Bertz CT molecular complexity index is 393. The van der Waals surface area contributed by atoms with E-state index < -0.39 is 0 Å². The Balaban J connectivity index is 2.78. The Hall–Kier alpha value is -1.36. The van der Waals surface area contributed by atoms with E-state index in [0.29, 0.717) is 17.8 Å². The molecular formula is C11H13BrN2O2. The first-order valence-corrected chi connectivity index (χ1v) is 6.03. The SMILES string of the molecule is CCNC(=O)c1cccc(NC(=O)CBr)c1. The van der Waals surface area contributed by atoms with Crippen molar-refractivity contribution in [2.45, 2.75) is 6.92 Å². The van der Waals surface area contributed by atoms with Crippen LogP contribution in [-0.4, -0.2) is 23.7 Å². The summed E-state index contributed by atoms with van der Waals surface area (Å²) in [5.74, 6) is -0.287. The molecule has 1 rings (SSSR count). The predicted octanol–water partition coefficient (Wildman–Crippen LogP) is 1.77. The highest BCUT2D eigenvalue weighted by molar-refractivity contribution is 9.09. The van der Waals surface area contributed by atoms with E-state index in [4.69, 9.17) is 0 Å². The van der Waals surface area contributed by atoms with Crippen molar-refractivity contribution < 1.29 is 9.59 Å². The molecule has 0 unspecified atom stereocenters. The molecule has 0 bridgehead atoms. The van der Waals surface area contributed by atoms with Crippen LogP contribution in [0.4, 0.5) is 5.69 Å². The van der Waals surface area contributed by atoms with Gasteiger partial charge in [-0.2, -0.15) is 0 Å². The number of rotatable bonds is 4. The summed E-state index contributed by atoms with van der Waals surface area (Å²) in [5, 5.41) is 5.59. The van der Waals surface area contributed by atoms with Gasteiger partial charge in [0.05, 0.1) is 5.33 Å². The maximum atomic E-state index is 11.5. The second-order valence-electron chi connectivity index (χ2n) is 3.12. The molecule has 0 aromatic heterocycles. The molecule has 5 heteroatoms. The minimum Gasteiger partial charge on any atom is -0.352 e. The molecule has 16 heavy (non-hydrogen) atoms. The molecule has 1 aromatic rings. The summed E-state index contributed by atoms with van der Waals surface area (Å²) in [6.07, 6.45) is 0. The van der Waals surface area contributed by atoms with Crippen LogP contribution in [0.25, 0.3) is 0 Å². The molecule has 0 radical (unpaired) electrons. The molecular weight excluding hydrogens is 272 g/mol. The van der Waals surface area contributed by atoms with Crippen molar-refractivity contribution in [1.82, 2.24) is 5.32 Å². The number of nitrogens with one attached hydrogen (secondary N) is 2. The molecule has 0 saturated heterocycles. The Morgan fingerprint density at radius 3 is 2.75 bits per heavy atom. The summed E-state index contributed by atoms with van der Waals surface area (Å²) in [5.41, 5.74) is 1.16. The van der Waals surface area contributed by atoms with Gasteiger partial charge >= 0.3 is 0 Å². The number of benzene rings is 1. The molecule has 1 aromatic carbocycles. The van der Waals surface area contributed by atoms with Crippen molar-refractivity contribution in [2.24, 2.45) is 0 Å². The molecule has 86 valence electrons. The molecule has 2 amide bonds. The zero-order chi connectivity index (χ0) is 12.0. The van der Waals surface area contributed by atoms with E-state index in [0.717, 1.165) is 0 Å². The summed E-state index contributed by atoms with van der Waals surface area (Å²) in [6.45, 7) is 2.44. The summed E-state index contributed by atoms with van der Waals surface area (Å²) in [4.78, 5) is 22.6. The monoisotopic (exact) mass is 284 g/mol. The highest BCUT2D eigenvalue weighted by Crippen LogP contribution is 2.10. The fraction of sp³-hybridized carbons (Fsp3) is 0.273. The maximum absolute atomic E-state index is 11.5. The zero-order valence-corrected chi connectivity index (χ0v) is 10.5. The van der Waals surface area contributed by atoms with Crippen LogP contribution in [0.3, 0.4) is 0 Å². The number of hydrogen-bond donors (Lipinski definition) is 2. The smallest absolute Gasteiger partial charge is 0.251 e. The lowest BCUT2D eigenvalue weighted by atomic mass is 10.2. The van der Waals surface area contributed by atoms with Crippen molar-refractivity contribution in [2.75, 3.05) is 17.2 Å². The van der Waals surface area contributed by atoms with E-state index in [2.05, 4.69) is 26.6 Å². The van der Waals surface area contributed by atoms with Gasteiger partial charge in [0.1, 0.15) is 0 Å². The van der Waals surface area contributed by atoms with Crippen LogP contribution in [0.15, 0.2) is 24.3 Å². The van der Waals surface area contributed by atoms with Gasteiger partial charge in [-0.1, -0.05) is 22.0 Å². The van der Waals surface area contributed by atoms with Crippen molar-refractivity contribution in [3.63, 3.8) is 0 Å². The second kappa shape index (κ2) is 6.27. The largest absolute Gasteiger partial charge is 0.352 e. The first-order chi connectivity index (χ1) is 7.67. The molecule has 0 saturated carbocycles. The molecule has 0 aliphatic carbocycles. The number of hydrogen-bond acceptors (Lipinski definition) is 2. The van der Waals surface area contributed by atoms with Crippen LogP contribution in [0, 0.1) is 0 Å². The van der Waals surface area contributed by atoms with Gasteiger partial charge in [-0.3, -0.25) is 9.59 Å². The average molecular weight is 285 g/mol. The van der Waals surface area contributed by atoms with Crippen LogP contribution in [0.2, 0.25) is 0 Å². The van der Waals surface area contributed by atoms with Gasteiger partial charge in [-0.15, -0.1) is 0 Å². The van der Waals surface area contributed by atoms with E-state index in [-0.39, 0.29) is 17.1 Å². The minimum atomic E-state index is -0.145. The first-order valence-electron chi connectivity index (χ1n) is 4.91. The fourth-order valence-corrected chi connectivity index (χ4v) is 1.34. The van der Waals surface area contributed by atoms with Crippen LogP contribution in [0.1, 0.15) is 17.3 Å². The third-order valence-electron chi connectivity index (χ3n) is 1.87. The zero-order valence-electron chi connectivity index (χ0n) is 8.92. The first kappa shape index (κ1) is 12.7. The fourth-order valence-electron chi connectivity index (χ4n) is 1.20. The molecule has 0 aliphatic heterocycles. The third-order valence-corrected chi connectivity index (χ3v) is 2.38. The Morgan fingerprint density at radius 2 is 2.12 bits per heavy atom. The van der Waals surface area contributed by atoms with E-state index in [1.807, 2.05) is 6.92 Å². The maximum Gasteiger partial charge on any atom is 0.251 e. The second-order valence-corrected chi connectivity index (χ2v) is 3.68. The van der Waals surface area contributed by atoms with E-state index in [1.165, 1.54) is 0 Å². The van der Waals surface area contributed by atoms with Crippen molar-refractivity contribution in [3.05, 3.63) is 29.8 Å². The average Bonchev–Trinajstić information content (AvgIpc) is 2.29. The van der Waals surface area contributed by atoms with Gasteiger partial charge in [0.2, 0.25) is 5.91 Å². The van der Waals surface area contributed by atoms with Crippen LogP contribution >= 0.6 is 15.9 Å². The number of carbonyl (C=O) groups is 2. The van der Waals surface area contributed by atoms with Crippen LogP contribution in [-0.2, 0) is 4.79 Å². The van der Waals surface area contributed by atoms with Crippen LogP contribution < -0.4 is 10.6 Å². The van der Waals surface area contributed by atoms with Crippen LogP contribution in [0.5, 0.6) is 0 Å². The molecule has 2 N–H and O–H groups in total. The Labute approximate surface area is 103 Å². The highest BCUT2D eigenvalue weighted by Gasteiger charge is 2.05. The predicted molar refractivity (Wildman–Crippen MR) is 66.9 cm³/mol. The van der Waals surface area contributed by atoms with Gasteiger partial charge in [0, 0.05) is 17.8 Å². The number of anilines is 1. The van der Waals surface area contributed by atoms with Gasteiger partial charge in [0.25, 0.3) is 5.91 Å². The normalized spacial score (nSPS) is 9.62. The Kier molecular flexibility index (Phi) is 4.98. The van der Waals surface area contributed by atoms with Crippen molar-refractivity contribution in [3.8, 4) is 0 Å². The Morgan fingerprint density at radius 1 is 1.38 bits per heavy atom. The minimum absolute atomic E-state index is 0.141. The number of amides is 2. The van der Waals surface area contributed by atoms with Gasteiger partial charge in [-0.05, 0) is 25.1 Å². The van der Waals surface area contributed by atoms with Gasteiger partial charge in [0.15, 0.2) is 0 Å². The summed E-state index contributed by atoms with van der Waals surface area (Å²) < 4.78 is 0. The summed E-state index contributed by atoms with van der Waals surface area (Å²) in [7, 11) is 0. The summed E-state index contributed by atoms with van der Waals surface area (Å²) >= 11 is 3.05.